The Kier molecular flexibility index (Phi) is 9.49. The van der Waals surface area contributed by atoms with Crippen LogP contribution in [0, 0.1) is 0 Å². The lowest BCUT2D eigenvalue weighted by atomic mass is 9.84. The minimum Gasteiger partial charge on any atom is -0.342 e. The molecule has 3 heterocycles. The number of carbonyl (C=O) groups is 3. The molecule has 1 aromatic heterocycles. The Bertz CT molecular complexity index is 1770. The van der Waals surface area contributed by atoms with Crippen LogP contribution >= 0.6 is 0 Å². The average Bonchev–Trinajstić information content (AvgIpc) is 3.79. The molecule has 47 heavy (non-hydrogen) atoms. The van der Waals surface area contributed by atoms with E-state index in [0.29, 0.717) is 17.0 Å². The third-order valence-corrected chi connectivity index (χ3v) is 8.50. The minimum absolute atomic E-state index is 0.0257. The molecule has 0 saturated carbocycles. The van der Waals surface area contributed by atoms with Crippen LogP contribution in [0.25, 0.3) is 0 Å². The van der Waals surface area contributed by atoms with Gasteiger partial charge in [0.15, 0.2) is 0 Å². The number of aliphatic imine (C=N–C) groups is 1. The summed E-state index contributed by atoms with van der Waals surface area (Å²) >= 11 is 0. The van der Waals surface area contributed by atoms with Gasteiger partial charge in [-0.2, -0.15) is 5.10 Å². The van der Waals surface area contributed by atoms with Crippen molar-refractivity contribution in [3.63, 3.8) is 0 Å². The van der Waals surface area contributed by atoms with Gasteiger partial charge in [-0.1, -0.05) is 72.8 Å². The first kappa shape index (κ1) is 31.4. The molecule has 2 aliphatic heterocycles. The molecule has 1 atom stereocenters. The minimum atomic E-state index is -1.03. The van der Waals surface area contributed by atoms with Gasteiger partial charge < -0.3 is 10.2 Å². The molecular formula is C37H36N6O4. The van der Waals surface area contributed by atoms with E-state index in [1.807, 2.05) is 77.7 Å². The van der Waals surface area contributed by atoms with Gasteiger partial charge in [-0.15, -0.1) is 0 Å². The van der Waals surface area contributed by atoms with Crippen LogP contribution in [0.5, 0.6) is 0 Å². The number of hydrogen-bond donors (Lipinski definition) is 2. The van der Waals surface area contributed by atoms with Gasteiger partial charge in [-0.25, -0.2) is 10.1 Å². The molecule has 2 aromatic carbocycles. The number of rotatable bonds is 8. The molecule has 3 aromatic rings. The molecule has 1 saturated heterocycles. The van der Waals surface area contributed by atoms with E-state index in [9.17, 15) is 19.6 Å². The first-order valence-corrected chi connectivity index (χ1v) is 15.6. The van der Waals surface area contributed by atoms with Crippen molar-refractivity contribution in [1.82, 2.24) is 25.1 Å². The maximum Gasteiger partial charge on any atom is 0.270 e. The van der Waals surface area contributed by atoms with Crippen LogP contribution in [0.15, 0.2) is 137 Å². The van der Waals surface area contributed by atoms with E-state index in [4.69, 9.17) is 0 Å². The van der Waals surface area contributed by atoms with E-state index < -0.39 is 23.8 Å². The normalized spacial score (nSPS) is 16.5. The number of likely N-dealkylation sites (tertiary alicyclic amines) is 1. The molecule has 3 amide bonds. The smallest absolute Gasteiger partial charge is 0.270 e. The fourth-order valence-corrected chi connectivity index (χ4v) is 6.10. The average molecular weight is 629 g/mol. The van der Waals surface area contributed by atoms with Gasteiger partial charge >= 0.3 is 0 Å². The zero-order valence-electron chi connectivity index (χ0n) is 26.1. The highest BCUT2D eigenvalue weighted by molar-refractivity contribution is 6.12. The second-order valence-corrected chi connectivity index (χ2v) is 11.6. The molecule has 0 radical (unpaired) electrons. The van der Waals surface area contributed by atoms with Gasteiger partial charge in [0.25, 0.3) is 11.8 Å². The Hall–Kier alpha value is -5.61. The second kappa shape index (κ2) is 14.2. The Morgan fingerprint density at radius 1 is 0.894 bits per heavy atom. The van der Waals surface area contributed by atoms with Gasteiger partial charge in [0.2, 0.25) is 5.91 Å². The number of allylic oxidation sites excluding steroid dienone is 7. The monoisotopic (exact) mass is 628 g/mol. The largest absolute Gasteiger partial charge is 0.342 e. The molecule has 1 fully saturated rings. The number of aromatic nitrogens is 2. The number of carbonyl (C=O) groups excluding carboxylic acids is 3. The second-order valence-electron chi connectivity index (χ2n) is 11.6. The summed E-state index contributed by atoms with van der Waals surface area (Å²) in [5.41, 5.74) is 4.76. The highest BCUT2D eigenvalue weighted by Crippen LogP contribution is 2.31. The zero-order chi connectivity index (χ0) is 32.8. The number of benzene rings is 2. The maximum absolute atomic E-state index is 14.1. The Labute approximate surface area is 273 Å². The summed E-state index contributed by atoms with van der Waals surface area (Å²) in [4.78, 5) is 46.8. The van der Waals surface area contributed by atoms with Crippen molar-refractivity contribution in [1.29, 1.82) is 0 Å². The summed E-state index contributed by atoms with van der Waals surface area (Å²) in [5.74, 6) is -1.44. The van der Waals surface area contributed by atoms with E-state index in [1.54, 1.807) is 37.5 Å². The van der Waals surface area contributed by atoms with Crippen LogP contribution in [-0.2, 0) is 16.6 Å². The molecule has 10 nitrogen and oxygen atoms in total. The topological polar surface area (TPSA) is 120 Å². The molecule has 10 heteroatoms. The summed E-state index contributed by atoms with van der Waals surface area (Å²) in [6.45, 7) is 1.51. The van der Waals surface area contributed by atoms with Crippen LogP contribution in [0.4, 0.5) is 0 Å². The number of hydrogen-bond acceptors (Lipinski definition) is 6. The highest BCUT2D eigenvalue weighted by atomic mass is 16.5. The van der Waals surface area contributed by atoms with Crippen molar-refractivity contribution in [3.8, 4) is 0 Å². The molecule has 0 spiro atoms. The van der Waals surface area contributed by atoms with Crippen molar-refractivity contribution in [2.45, 2.75) is 31.2 Å². The maximum atomic E-state index is 14.1. The SMILES string of the molecule is Cn1nccc1C(=O)NC(C(=O)N=C1C=CC(=C2C=CN(O)C=C2CC(=O)N2CCCC2)C=C1)C(c1ccccc1)c1ccccc1. The summed E-state index contributed by atoms with van der Waals surface area (Å²) in [6.07, 6.45) is 15.7. The third kappa shape index (κ3) is 7.29. The van der Waals surface area contributed by atoms with Crippen molar-refractivity contribution in [2.24, 2.45) is 12.0 Å². The lowest BCUT2D eigenvalue weighted by Gasteiger charge is -2.27. The summed E-state index contributed by atoms with van der Waals surface area (Å²) in [5, 5.41) is 18.1. The van der Waals surface area contributed by atoms with E-state index >= 15 is 0 Å². The number of nitrogens with zero attached hydrogens (tertiary/aromatic N) is 5. The van der Waals surface area contributed by atoms with Crippen LogP contribution in [0.2, 0.25) is 0 Å². The standard InChI is InChI=1S/C37H36N6O4/c1-41-32(18-20-38-41)36(45)40-35(34(27-10-4-2-5-11-27)28-12-6-3-7-13-28)37(46)39-30-16-14-26(15-17-30)31-19-23-43(47)25-29(31)24-33(44)42-21-8-9-22-42/h2-7,10-20,23,25,34-35,47H,8-9,21-22,24H2,1H3,(H,40,45). The van der Waals surface area contributed by atoms with Crippen LogP contribution < -0.4 is 5.32 Å². The highest BCUT2D eigenvalue weighted by Gasteiger charge is 2.33. The number of hydroxylamine groups is 2. The molecule has 2 N–H and O–H groups in total. The van der Waals surface area contributed by atoms with Crippen LogP contribution in [-0.4, -0.2) is 67.5 Å². The summed E-state index contributed by atoms with van der Waals surface area (Å²) in [6, 6.07) is 19.7. The fourth-order valence-electron chi connectivity index (χ4n) is 6.10. The lowest BCUT2D eigenvalue weighted by Crippen LogP contribution is -2.45. The third-order valence-electron chi connectivity index (χ3n) is 8.50. The van der Waals surface area contributed by atoms with Crippen LogP contribution in [0.3, 0.4) is 0 Å². The predicted octanol–water partition coefficient (Wildman–Crippen LogP) is 4.86. The first-order chi connectivity index (χ1) is 22.9. The summed E-state index contributed by atoms with van der Waals surface area (Å²) in [7, 11) is 1.67. The Morgan fingerprint density at radius 3 is 2.13 bits per heavy atom. The lowest BCUT2D eigenvalue weighted by molar-refractivity contribution is -0.129. The van der Waals surface area contributed by atoms with Crippen LogP contribution in [0.1, 0.15) is 46.8 Å². The number of nitrogens with one attached hydrogen (secondary N) is 1. The van der Waals surface area contributed by atoms with Crippen molar-refractivity contribution in [2.75, 3.05) is 13.1 Å². The predicted molar refractivity (Wildman–Crippen MR) is 178 cm³/mol. The first-order valence-electron chi connectivity index (χ1n) is 15.6. The van der Waals surface area contributed by atoms with Crippen molar-refractivity contribution < 1.29 is 19.6 Å². The van der Waals surface area contributed by atoms with Gasteiger partial charge in [-0.05, 0) is 65.0 Å². The van der Waals surface area contributed by atoms with Gasteiger partial charge in [0.1, 0.15) is 11.7 Å². The van der Waals surface area contributed by atoms with Crippen molar-refractivity contribution >= 4 is 23.4 Å². The fraction of sp³-hybridized carbons (Fsp3) is 0.216. The molecule has 1 aliphatic carbocycles. The molecule has 238 valence electrons. The molecule has 1 unspecified atom stereocenters. The van der Waals surface area contributed by atoms with E-state index in [1.165, 1.54) is 17.1 Å². The van der Waals surface area contributed by atoms with Gasteiger partial charge in [0.05, 0.1) is 12.1 Å². The van der Waals surface area contributed by atoms with Crippen molar-refractivity contribution in [3.05, 3.63) is 149 Å². The Morgan fingerprint density at radius 2 is 1.53 bits per heavy atom. The molecule has 6 rings (SSSR count). The summed E-state index contributed by atoms with van der Waals surface area (Å²) < 4.78 is 1.46. The Balaban J connectivity index is 1.30. The molecular weight excluding hydrogens is 592 g/mol. The quantitative estimate of drug-likeness (QED) is 0.368. The van der Waals surface area contributed by atoms with Gasteiger partial charge in [0, 0.05) is 44.7 Å². The van der Waals surface area contributed by atoms with E-state index in [-0.39, 0.29) is 12.3 Å². The number of aryl methyl sites for hydroxylation is 1. The van der Waals surface area contributed by atoms with Gasteiger partial charge in [-0.3, -0.25) is 24.3 Å². The molecule has 3 aliphatic rings. The van der Waals surface area contributed by atoms with E-state index in [0.717, 1.165) is 53.3 Å². The van der Waals surface area contributed by atoms with E-state index in [2.05, 4.69) is 15.4 Å². The molecule has 0 bridgehead atoms. The zero-order valence-corrected chi connectivity index (χ0v) is 26.1. The number of amides is 3.